The van der Waals surface area contributed by atoms with E-state index in [2.05, 4.69) is 18.3 Å². The zero-order valence-corrected chi connectivity index (χ0v) is 19.1. The van der Waals surface area contributed by atoms with Crippen LogP contribution in [0.4, 0.5) is 5.69 Å². The van der Waals surface area contributed by atoms with E-state index in [4.69, 9.17) is 17.0 Å². The maximum absolute atomic E-state index is 13.1. The van der Waals surface area contributed by atoms with Crippen LogP contribution in [0.2, 0.25) is 0 Å². The van der Waals surface area contributed by atoms with E-state index in [-0.39, 0.29) is 16.5 Å². The normalized spacial score (nSPS) is 19.2. The molecule has 2 aliphatic rings. The molecule has 4 rings (SSSR count). The molecule has 1 atom stereocenters. The van der Waals surface area contributed by atoms with Gasteiger partial charge in [-0.1, -0.05) is 24.3 Å². The van der Waals surface area contributed by atoms with Gasteiger partial charge in [-0.25, -0.2) is 8.42 Å². The minimum atomic E-state index is -3.70. The first-order valence-corrected chi connectivity index (χ1v) is 12.0. The van der Waals surface area contributed by atoms with Gasteiger partial charge in [-0.2, -0.15) is 4.31 Å². The second-order valence-corrected chi connectivity index (χ2v) is 10.1. The number of nitrogens with one attached hydrogen (secondary N) is 1. The van der Waals surface area contributed by atoms with Gasteiger partial charge >= 0.3 is 0 Å². The summed E-state index contributed by atoms with van der Waals surface area (Å²) in [5.41, 5.74) is 3.13. The lowest BCUT2D eigenvalue weighted by Crippen LogP contribution is -2.45. The van der Waals surface area contributed by atoms with Gasteiger partial charge in [-0.05, 0) is 61.8 Å². The Hall–Kier alpha value is -2.33. The Kier molecular flexibility index (Phi) is 6.11. The Labute approximate surface area is 188 Å². The number of aryl methyl sites for hydroxylation is 1. The van der Waals surface area contributed by atoms with Crippen molar-refractivity contribution in [2.45, 2.75) is 31.2 Å². The van der Waals surface area contributed by atoms with Crippen molar-refractivity contribution in [1.29, 1.82) is 0 Å². The number of thiocarbonyl (C=S) groups is 1. The lowest BCUT2D eigenvalue weighted by molar-refractivity contribution is 0.0730. The highest BCUT2D eigenvalue weighted by Crippen LogP contribution is 2.32. The fourth-order valence-corrected chi connectivity index (χ4v) is 5.85. The third-order valence-corrected chi connectivity index (χ3v) is 7.90. The average molecular weight is 460 g/mol. The summed E-state index contributed by atoms with van der Waals surface area (Å²) in [6.45, 7) is 5.16. The molecule has 1 fully saturated rings. The number of rotatable bonds is 3. The molecule has 0 saturated carbocycles. The van der Waals surface area contributed by atoms with Crippen LogP contribution in [-0.2, 0) is 21.2 Å². The van der Waals surface area contributed by atoms with E-state index in [1.807, 2.05) is 23.1 Å². The molecular formula is C22H25N3O4S2. The molecule has 0 aliphatic carbocycles. The van der Waals surface area contributed by atoms with E-state index in [1.165, 1.54) is 22.0 Å². The van der Waals surface area contributed by atoms with E-state index >= 15 is 0 Å². The number of carbonyl (C=O) groups excluding carboxylic acids is 1. The lowest BCUT2D eigenvalue weighted by Gasteiger charge is -2.27. The minimum absolute atomic E-state index is 0.0935. The van der Waals surface area contributed by atoms with Crippen LogP contribution in [0.15, 0.2) is 47.4 Å². The fraction of sp³-hybridized carbons (Fsp3) is 0.364. The zero-order chi connectivity index (χ0) is 22.2. The molecule has 7 nitrogen and oxygen atoms in total. The van der Waals surface area contributed by atoms with Crippen LogP contribution in [-0.4, -0.2) is 56.1 Å². The SMILES string of the molecule is Cc1ccc(S(=O)(=O)N2CCOCC2)cc1C(=O)NC(=S)N1c2ccccc2C[C@@H]1C. The van der Waals surface area contributed by atoms with Crippen LogP contribution in [0.5, 0.6) is 0 Å². The average Bonchev–Trinajstić information content (AvgIpc) is 3.10. The van der Waals surface area contributed by atoms with Crippen LogP contribution in [0, 0.1) is 6.92 Å². The van der Waals surface area contributed by atoms with Gasteiger partial charge in [0.15, 0.2) is 5.11 Å². The minimum Gasteiger partial charge on any atom is -0.379 e. The standard InChI is InChI=1S/C22H25N3O4S2/c1-15-7-8-18(31(27,28)24-9-11-29-12-10-24)14-19(15)21(26)23-22(30)25-16(2)13-17-5-3-4-6-20(17)25/h3-8,14,16H,9-13H2,1-2H3,(H,23,26,30)/t16-/m0/s1. The van der Waals surface area contributed by atoms with Crippen molar-refractivity contribution in [3.63, 3.8) is 0 Å². The van der Waals surface area contributed by atoms with Gasteiger partial charge in [-0.15, -0.1) is 0 Å². The maximum atomic E-state index is 13.1. The zero-order valence-electron chi connectivity index (χ0n) is 17.5. The van der Waals surface area contributed by atoms with Crippen molar-refractivity contribution in [2.24, 2.45) is 0 Å². The van der Waals surface area contributed by atoms with Crippen LogP contribution in [0.25, 0.3) is 0 Å². The fourth-order valence-electron chi connectivity index (χ4n) is 4.04. The smallest absolute Gasteiger partial charge is 0.257 e. The third-order valence-electron chi connectivity index (χ3n) is 5.71. The van der Waals surface area contributed by atoms with Crippen LogP contribution >= 0.6 is 12.2 Å². The molecule has 2 aromatic rings. The van der Waals surface area contributed by atoms with Crippen molar-refractivity contribution in [3.05, 3.63) is 59.2 Å². The van der Waals surface area contributed by atoms with Gasteiger partial charge in [0.05, 0.1) is 18.1 Å². The monoisotopic (exact) mass is 459 g/mol. The second-order valence-electron chi connectivity index (χ2n) is 7.80. The number of hydrogen-bond donors (Lipinski definition) is 1. The molecule has 0 bridgehead atoms. The van der Waals surface area contributed by atoms with E-state index in [0.717, 1.165) is 12.1 Å². The second kappa shape index (κ2) is 8.66. The Morgan fingerprint density at radius 3 is 2.61 bits per heavy atom. The number of amides is 1. The molecule has 0 radical (unpaired) electrons. The molecule has 0 unspecified atom stereocenters. The van der Waals surface area contributed by atoms with Crippen molar-refractivity contribution >= 4 is 38.9 Å². The van der Waals surface area contributed by atoms with Crippen molar-refractivity contribution < 1.29 is 17.9 Å². The van der Waals surface area contributed by atoms with Gasteiger partial charge in [0.25, 0.3) is 5.91 Å². The molecule has 31 heavy (non-hydrogen) atoms. The molecule has 2 aromatic carbocycles. The van der Waals surface area contributed by atoms with Crippen LogP contribution < -0.4 is 10.2 Å². The number of hydrogen-bond acceptors (Lipinski definition) is 5. The van der Waals surface area contributed by atoms with Gasteiger partial charge in [0.1, 0.15) is 0 Å². The molecule has 1 amide bonds. The van der Waals surface area contributed by atoms with Gasteiger partial charge in [-0.3, -0.25) is 10.1 Å². The Balaban J connectivity index is 1.56. The van der Waals surface area contributed by atoms with E-state index in [1.54, 1.807) is 13.0 Å². The largest absolute Gasteiger partial charge is 0.379 e. The van der Waals surface area contributed by atoms with Gasteiger partial charge < -0.3 is 9.64 Å². The predicted octanol–water partition coefficient (Wildman–Crippen LogP) is 2.48. The van der Waals surface area contributed by atoms with Crippen LogP contribution in [0.1, 0.15) is 28.4 Å². The van der Waals surface area contributed by atoms with Crippen molar-refractivity contribution in [3.8, 4) is 0 Å². The number of carbonyl (C=O) groups is 1. The van der Waals surface area contributed by atoms with E-state index < -0.39 is 15.9 Å². The number of benzene rings is 2. The lowest BCUT2D eigenvalue weighted by atomic mass is 10.1. The Bertz CT molecular complexity index is 1130. The first-order valence-electron chi connectivity index (χ1n) is 10.2. The van der Waals surface area contributed by atoms with Gasteiger partial charge in [0.2, 0.25) is 10.0 Å². The summed E-state index contributed by atoms with van der Waals surface area (Å²) < 4.78 is 32.6. The number of sulfonamides is 1. The number of para-hydroxylation sites is 1. The molecule has 9 heteroatoms. The number of fused-ring (bicyclic) bond motifs is 1. The van der Waals surface area contributed by atoms with E-state index in [9.17, 15) is 13.2 Å². The molecule has 0 aromatic heterocycles. The number of ether oxygens (including phenoxy) is 1. The van der Waals surface area contributed by atoms with Gasteiger partial charge in [0, 0.05) is 30.4 Å². The molecule has 2 heterocycles. The predicted molar refractivity (Wildman–Crippen MR) is 123 cm³/mol. The number of morpholine rings is 1. The van der Waals surface area contributed by atoms with Crippen molar-refractivity contribution in [2.75, 3.05) is 31.2 Å². The molecular weight excluding hydrogens is 434 g/mol. The first-order chi connectivity index (χ1) is 14.8. The quantitative estimate of drug-likeness (QED) is 0.711. The summed E-state index contributed by atoms with van der Waals surface area (Å²) in [6, 6.07) is 12.7. The molecule has 1 saturated heterocycles. The molecule has 0 spiro atoms. The number of nitrogens with zero attached hydrogens (tertiary/aromatic N) is 2. The Morgan fingerprint density at radius 2 is 1.87 bits per heavy atom. The number of anilines is 1. The first kappa shape index (κ1) is 21.9. The highest BCUT2D eigenvalue weighted by atomic mass is 32.2. The summed E-state index contributed by atoms with van der Waals surface area (Å²) in [7, 11) is -3.70. The van der Waals surface area contributed by atoms with E-state index in [0.29, 0.717) is 37.0 Å². The van der Waals surface area contributed by atoms with Crippen molar-refractivity contribution in [1.82, 2.24) is 9.62 Å². The summed E-state index contributed by atoms with van der Waals surface area (Å²) >= 11 is 5.55. The molecule has 1 N–H and O–H groups in total. The summed E-state index contributed by atoms with van der Waals surface area (Å²) in [4.78, 5) is 15.1. The summed E-state index contributed by atoms with van der Waals surface area (Å²) in [5.74, 6) is -0.418. The maximum Gasteiger partial charge on any atom is 0.257 e. The third kappa shape index (κ3) is 4.23. The highest BCUT2D eigenvalue weighted by Gasteiger charge is 2.30. The van der Waals surface area contributed by atoms with Crippen LogP contribution in [0.3, 0.4) is 0 Å². The Morgan fingerprint density at radius 1 is 1.16 bits per heavy atom. The topological polar surface area (TPSA) is 78.9 Å². The molecule has 164 valence electrons. The summed E-state index contributed by atoms with van der Waals surface area (Å²) in [5, 5.41) is 3.11. The summed E-state index contributed by atoms with van der Waals surface area (Å²) in [6.07, 6.45) is 0.846. The molecule has 2 aliphatic heterocycles. The highest BCUT2D eigenvalue weighted by molar-refractivity contribution is 7.89.